The van der Waals surface area contributed by atoms with Crippen molar-refractivity contribution >= 4 is 17.2 Å². The second kappa shape index (κ2) is 8.92. The van der Waals surface area contributed by atoms with Crippen LogP contribution in [0.15, 0.2) is 35.7 Å². The third-order valence-electron chi connectivity index (χ3n) is 4.82. The number of amides is 1. The van der Waals surface area contributed by atoms with Gasteiger partial charge in [0.2, 0.25) is 5.91 Å². The Morgan fingerprint density at radius 2 is 2.07 bits per heavy atom. The minimum absolute atomic E-state index is 0.0533. The van der Waals surface area contributed by atoms with E-state index < -0.39 is 0 Å². The van der Waals surface area contributed by atoms with Crippen molar-refractivity contribution in [2.45, 2.75) is 51.3 Å². The average molecular weight is 398 g/mol. The molecule has 0 bridgehead atoms. The van der Waals surface area contributed by atoms with Gasteiger partial charge in [-0.25, -0.2) is 4.98 Å². The van der Waals surface area contributed by atoms with Crippen molar-refractivity contribution in [3.8, 4) is 5.75 Å². The Labute approximate surface area is 166 Å². The Hall–Kier alpha value is -2.81. The molecule has 0 saturated heterocycles. The molecule has 0 radical (unpaired) electrons. The van der Waals surface area contributed by atoms with E-state index in [-0.39, 0.29) is 18.4 Å². The third kappa shape index (κ3) is 4.72. The van der Waals surface area contributed by atoms with Crippen LogP contribution in [-0.2, 0) is 24.4 Å². The number of ether oxygens (including phenoxy) is 1. The van der Waals surface area contributed by atoms with Gasteiger partial charge in [0.15, 0.2) is 5.82 Å². The zero-order valence-electron chi connectivity index (χ0n) is 15.5. The summed E-state index contributed by atoms with van der Waals surface area (Å²) in [5.74, 6) is 1.40. The molecule has 1 aromatic carbocycles. The normalized spacial score (nSPS) is 14.3. The molecule has 4 rings (SSSR count). The van der Waals surface area contributed by atoms with Gasteiger partial charge in [0.05, 0.1) is 18.7 Å². The molecule has 1 fully saturated rings. The summed E-state index contributed by atoms with van der Waals surface area (Å²) in [5.41, 5.74) is 0.776. The Bertz CT molecular complexity index is 877. The van der Waals surface area contributed by atoms with E-state index in [0.29, 0.717) is 19.0 Å². The molecule has 8 nitrogen and oxygen atoms in total. The number of tetrazole rings is 1. The first kappa shape index (κ1) is 18.5. The fourth-order valence-electron chi connectivity index (χ4n) is 3.45. The number of carbonyl (C=O) groups is 1. The molecule has 3 aromatic rings. The zero-order chi connectivity index (χ0) is 19.2. The molecule has 1 aliphatic carbocycles. The predicted octanol–water partition coefficient (Wildman–Crippen LogP) is 2.75. The minimum atomic E-state index is 0.0533. The number of hydrogen-bond donors (Lipinski definition) is 1. The lowest BCUT2D eigenvalue weighted by molar-refractivity contribution is -0.133. The van der Waals surface area contributed by atoms with Crippen molar-refractivity contribution in [3.63, 3.8) is 0 Å². The number of aromatic nitrogens is 5. The van der Waals surface area contributed by atoms with Crippen molar-refractivity contribution < 1.29 is 9.53 Å². The van der Waals surface area contributed by atoms with E-state index in [1.165, 1.54) is 11.3 Å². The maximum Gasteiger partial charge on any atom is 0.229 e. The number of para-hydroxylation sites is 1. The lowest BCUT2D eigenvalue weighted by atomic mass is 10.2. The molecule has 0 spiro atoms. The lowest BCUT2D eigenvalue weighted by Crippen LogP contribution is -2.39. The molecule has 2 heterocycles. The quantitative estimate of drug-likeness (QED) is 0.627. The van der Waals surface area contributed by atoms with Crippen LogP contribution in [-0.4, -0.2) is 42.5 Å². The number of thiazole rings is 1. The highest BCUT2D eigenvalue weighted by Gasteiger charge is 2.28. The van der Waals surface area contributed by atoms with E-state index in [1.807, 2.05) is 40.6 Å². The molecule has 1 saturated carbocycles. The number of aromatic amines is 1. The Balaban J connectivity index is 1.37. The molecule has 0 atom stereocenters. The number of rotatable bonds is 8. The molecule has 9 heteroatoms. The summed E-state index contributed by atoms with van der Waals surface area (Å²) < 4.78 is 5.73. The molecule has 0 unspecified atom stereocenters. The number of nitrogens with one attached hydrogen (secondary N) is 1. The fourth-order valence-corrected chi connectivity index (χ4v) is 4.16. The monoisotopic (exact) mass is 398 g/mol. The van der Waals surface area contributed by atoms with Gasteiger partial charge < -0.3 is 9.64 Å². The van der Waals surface area contributed by atoms with Gasteiger partial charge in [-0.15, -0.1) is 21.5 Å². The van der Waals surface area contributed by atoms with Gasteiger partial charge in [0.25, 0.3) is 0 Å². The van der Waals surface area contributed by atoms with E-state index in [4.69, 9.17) is 4.74 Å². The summed E-state index contributed by atoms with van der Waals surface area (Å²) in [5, 5.41) is 16.8. The summed E-state index contributed by atoms with van der Waals surface area (Å²) in [7, 11) is 0. The predicted molar refractivity (Wildman–Crippen MR) is 104 cm³/mol. The number of benzene rings is 1. The average Bonchev–Trinajstić information content (AvgIpc) is 3.48. The first-order valence-corrected chi connectivity index (χ1v) is 10.3. The largest absolute Gasteiger partial charge is 0.486 e. The number of hydrogen-bond acceptors (Lipinski definition) is 7. The van der Waals surface area contributed by atoms with Gasteiger partial charge in [-0.05, 0) is 25.0 Å². The van der Waals surface area contributed by atoms with Gasteiger partial charge in [0, 0.05) is 11.4 Å². The van der Waals surface area contributed by atoms with Crippen molar-refractivity contribution in [1.29, 1.82) is 0 Å². The maximum atomic E-state index is 13.0. The topological polar surface area (TPSA) is 96.9 Å². The van der Waals surface area contributed by atoms with E-state index >= 15 is 0 Å². The number of H-pyrrole nitrogens is 1. The van der Waals surface area contributed by atoms with Crippen molar-refractivity contribution in [2.24, 2.45) is 0 Å². The SMILES string of the molecule is O=C(Cc1csc(COc2ccccc2)n1)N(Cc1nn[nH]n1)C1CCCC1. The molecular weight excluding hydrogens is 376 g/mol. The minimum Gasteiger partial charge on any atom is -0.486 e. The highest BCUT2D eigenvalue weighted by molar-refractivity contribution is 7.09. The van der Waals surface area contributed by atoms with E-state index in [0.717, 1.165) is 42.1 Å². The Morgan fingerprint density at radius 1 is 1.25 bits per heavy atom. The summed E-state index contributed by atoms with van der Waals surface area (Å²) >= 11 is 1.51. The van der Waals surface area contributed by atoms with Crippen LogP contribution < -0.4 is 4.74 Å². The van der Waals surface area contributed by atoms with Crippen LogP contribution in [0.25, 0.3) is 0 Å². The Morgan fingerprint density at radius 3 is 2.82 bits per heavy atom. The smallest absolute Gasteiger partial charge is 0.229 e. The van der Waals surface area contributed by atoms with Crippen LogP contribution in [0.3, 0.4) is 0 Å². The molecule has 1 N–H and O–H groups in total. The highest BCUT2D eigenvalue weighted by atomic mass is 32.1. The van der Waals surface area contributed by atoms with E-state index in [2.05, 4.69) is 25.6 Å². The summed E-state index contributed by atoms with van der Waals surface area (Å²) in [6.45, 7) is 0.784. The molecule has 28 heavy (non-hydrogen) atoms. The van der Waals surface area contributed by atoms with Crippen molar-refractivity contribution in [1.82, 2.24) is 30.5 Å². The summed E-state index contributed by atoms with van der Waals surface area (Å²) in [6.07, 6.45) is 4.63. The van der Waals surface area contributed by atoms with Crippen LogP contribution in [0, 0.1) is 0 Å². The third-order valence-corrected chi connectivity index (χ3v) is 5.70. The first-order valence-electron chi connectivity index (χ1n) is 9.41. The zero-order valence-corrected chi connectivity index (χ0v) is 16.3. The van der Waals surface area contributed by atoms with Gasteiger partial charge in [-0.1, -0.05) is 36.3 Å². The van der Waals surface area contributed by atoms with Crippen LogP contribution in [0.2, 0.25) is 0 Å². The summed E-state index contributed by atoms with van der Waals surface area (Å²) in [6, 6.07) is 9.88. The van der Waals surface area contributed by atoms with Gasteiger partial charge in [0.1, 0.15) is 17.4 Å². The van der Waals surface area contributed by atoms with E-state index in [9.17, 15) is 4.79 Å². The van der Waals surface area contributed by atoms with Crippen molar-refractivity contribution in [2.75, 3.05) is 0 Å². The van der Waals surface area contributed by atoms with E-state index in [1.54, 1.807) is 0 Å². The molecule has 1 aliphatic rings. The fraction of sp³-hybridized carbons (Fsp3) is 0.421. The van der Waals surface area contributed by atoms with Crippen LogP contribution in [0.4, 0.5) is 0 Å². The van der Waals surface area contributed by atoms with Crippen LogP contribution in [0.5, 0.6) is 5.75 Å². The molecule has 146 valence electrons. The molecule has 1 amide bonds. The second-order valence-corrected chi connectivity index (χ2v) is 7.74. The molecule has 0 aliphatic heterocycles. The van der Waals surface area contributed by atoms with Crippen molar-refractivity contribution in [3.05, 3.63) is 52.2 Å². The first-order chi connectivity index (χ1) is 13.8. The van der Waals surface area contributed by atoms with Crippen LogP contribution >= 0.6 is 11.3 Å². The number of nitrogens with zero attached hydrogens (tertiary/aromatic N) is 5. The molecular formula is C19H22N6O2S. The number of carbonyl (C=O) groups excluding carboxylic acids is 1. The van der Waals surface area contributed by atoms with Crippen LogP contribution in [0.1, 0.15) is 42.2 Å². The molecule has 2 aromatic heterocycles. The Kier molecular flexibility index (Phi) is 5.91. The second-order valence-electron chi connectivity index (χ2n) is 6.80. The van der Waals surface area contributed by atoms with Gasteiger partial charge in [-0.2, -0.15) is 5.21 Å². The summed E-state index contributed by atoms with van der Waals surface area (Å²) in [4.78, 5) is 19.4. The van der Waals surface area contributed by atoms with Gasteiger partial charge >= 0.3 is 0 Å². The standard InChI is InChI=1S/C19H22N6O2S/c26-19(25(15-6-4-5-7-15)11-17-21-23-24-22-17)10-14-13-28-18(20-14)12-27-16-8-2-1-3-9-16/h1-3,8-9,13,15H,4-7,10-12H2,(H,21,22,23,24). The lowest BCUT2D eigenvalue weighted by Gasteiger charge is -2.27. The van der Waals surface area contributed by atoms with Gasteiger partial charge in [-0.3, -0.25) is 4.79 Å². The maximum absolute atomic E-state index is 13.0. The highest BCUT2D eigenvalue weighted by Crippen LogP contribution is 2.25.